The molecule has 0 aliphatic carbocycles. The number of H-pyrrole nitrogens is 1. The van der Waals surface area contributed by atoms with Crippen molar-refractivity contribution in [2.75, 3.05) is 0 Å². The summed E-state index contributed by atoms with van der Waals surface area (Å²) in [5.74, 6) is -0.787. The normalized spacial score (nSPS) is 14.8. The smallest absolute Gasteiger partial charge is 0.300 e. The molecule has 0 spiro atoms. The van der Waals surface area contributed by atoms with Gasteiger partial charge in [-0.2, -0.15) is 0 Å². The molecule has 0 unspecified atom stereocenters. The van der Waals surface area contributed by atoms with Crippen LogP contribution in [0.2, 0.25) is 10.0 Å². The number of thioether (sulfide) groups is 1. The SMILES string of the molecule is O=C1SC(=Cc2c[nH]c3ccc(OCc4ccccc4)cc23)C(=O)N1C(=O)c1ccc(Cl)c(Cl)c1. The Morgan fingerprint density at radius 3 is 2.57 bits per heavy atom. The number of ether oxygens (including phenoxy) is 1. The number of amides is 3. The van der Waals surface area contributed by atoms with Gasteiger partial charge in [0.1, 0.15) is 12.4 Å². The minimum Gasteiger partial charge on any atom is -0.489 e. The van der Waals surface area contributed by atoms with E-state index in [9.17, 15) is 14.4 Å². The molecule has 4 aromatic rings. The minimum atomic E-state index is -0.759. The molecule has 1 aliphatic heterocycles. The summed E-state index contributed by atoms with van der Waals surface area (Å²) in [5, 5.41) is 0.565. The first-order valence-electron chi connectivity index (χ1n) is 10.5. The first-order chi connectivity index (χ1) is 16.9. The van der Waals surface area contributed by atoms with Gasteiger partial charge in [-0.15, -0.1) is 0 Å². The lowest BCUT2D eigenvalue weighted by Crippen LogP contribution is -2.34. The molecular formula is C26H16Cl2N2O4S. The van der Waals surface area contributed by atoms with Crippen LogP contribution in [0.3, 0.4) is 0 Å². The van der Waals surface area contributed by atoms with Crippen LogP contribution in [0.25, 0.3) is 17.0 Å². The van der Waals surface area contributed by atoms with Gasteiger partial charge in [-0.3, -0.25) is 14.4 Å². The van der Waals surface area contributed by atoms with Gasteiger partial charge in [0.25, 0.3) is 11.8 Å². The average molecular weight is 523 g/mol. The molecule has 2 heterocycles. The van der Waals surface area contributed by atoms with Gasteiger partial charge in [0.05, 0.1) is 15.0 Å². The van der Waals surface area contributed by atoms with Crippen LogP contribution in [0.1, 0.15) is 21.5 Å². The second kappa shape index (κ2) is 9.62. The maximum Gasteiger partial charge on any atom is 0.300 e. The lowest BCUT2D eigenvalue weighted by Gasteiger charge is -2.11. The third-order valence-electron chi connectivity index (χ3n) is 5.38. The van der Waals surface area contributed by atoms with Gasteiger partial charge in [-0.25, -0.2) is 4.90 Å². The molecule has 1 aromatic heterocycles. The predicted molar refractivity (Wildman–Crippen MR) is 138 cm³/mol. The van der Waals surface area contributed by atoms with E-state index in [1.54, 1.807) is 12.3 Å². The molecule has 5 rings (SSSR count). The van der Waals surface area contributed by atoms with Crippen LogP contribution in [0.15, 0.2) is 77.8 Å². The molecule has 1 fully saturated rings. The maximum atomic E-state index is 13.0. The first-order valence-corrected chi connectivity index (χ1v) is 12.0. The number of carbonyl (C=O) groups is 3. The van der Waals surface area contributed by atoms with Crippen molar-refractivity contribution in [2.45, 2.75) is 6.61 Å². The molecule has 1 N–H and O–H groups in total. The van der Waals surface area contributed by atoms with Gasteiger partial charge < -0.3 is 9.72 Å². The lowest BCUT2D eigenvalue weighted by molar-refractivity contribution is -0.120. The van der Waals surface area contributed by atoms with Crippen molar-refractivity contribution in [3.63, 3.8) is 0 Å². The minimum absolute atomic E-state index is 0.0928. The summed E-state index contributed by atoms with van der Waals surface area (Å²) in [6.07, 6.45) is 3.33. The number of nitrogens with zero attached hydrogens (tertiary/aromatic N) is 1. The van der Waals surface area contributed by atoms with Crippen molar-refractivity contribution in [3.8, 4) is 5.75 Å². The number of benzene rings is 3. The van der Waals surface area contributed by atoms with Gasteiger partial charge in [0, 0.05) is 28.2 Å². The number of aromatic amines is 1. The molecule has 1 aliphatic rings. The highest BCUT2D eigenvalue weighted by Crippen LogP contribution is 2.35. The van der Waals surface area contributed by atoms with Crippen LogP contribution in [0, 0.1) is 0 Å². The summed E-state index contributed by atoms with van der Waals surface area (Å²) < 4.78 is 5.91. The molecule has 0 radical (unpaired) electrons. The summed E-state index contributed by atoms with van der Waals surface area (Å²) in [6.45, 7) is 0.418. The molecule has 3 amide bonds. The van der Waals surface area contributed by atoms with Crippen molar-refractivity contribution in [3.05, 3.63) is 105 Å². The molecular weight excluding hydrogens is 507 g/mol. The largest absolute Gasteiger partial charge is 0.489 e. The number of aromatic nitrogens is 1. The Bertz CT molecular complexity index is 1510. The predicted octanol–water partition coefficient (Wildman–Crippen LogP) is 6.93. The zero-order chi connectivity index (χ0) is 24.5. The molecule has 1 saturated heterocycles. The van der Waals surface area contributed by atoms with E-state index in [1.807, 2.05) is 48.5 Å². The van der Waals surface area contributed by atoms with E-state index in [-0.39, 0.29) is 20.5 Å². The molecule has 0 saturated carbocycles. The Labute approximate surface area is 214 Å². The van der Waals surface area contributed by atoms with Crippen LogP contribution in [-0.2, 0) is 11.4 Å². The number of nitrogens with one attached hydrogen (secondary N) is 1. The Balaban J connectivity index is 1.39. The van der Waals surface area contributed by atoms with Gasteiger partial charge in [-0.05, 0) is 59.8 Å². The van der Waals surface area contributed by atoms with Crippen LogP contribution < -0.4 is 4.74 Å². The van der Waals surface area contributed by atoms with Crippen molar-refractivity contribution >= 4 is 69.0 Å². The first kappa shape index (κ1) is 23.2. The number of hydrogen-bond donors (Lipinski definition) is 1. The average Bonchev–Trinajstić information content (AvgIpc) is 3.39. The zero-order valence-corrected chi connectivity index (χ0v) is 20.3. The highest BCUT2D eigenvalue weighted by atomic mass is 35.5. The van der Waals surface area contributed by atoms with Crippen molar-refractivity contribution in [1.29, 1.82) is 0 Å². The number of imide groups is 3. The van der Waals surface area contributed by atoms with Gasteiger partial charge >= 0.3 is 5.24 Å². The third-order valence-corrected chi connectivity index (χ3v) is 6.99. The fourth-order valence-electron chi connectivity index (χ4n) is 3.61. The van der Waals surface area contributed by atoms with Crippen LogP contribution in [-0.4, -0.2) is 26.9 Å². The number of halogens is 2. The molecule has 0 bridgehead atoms. The van der Waals surface area contributed by atoms with E-state index in [2.05, 4.69) is 4.98 Å². The standard InChI is InChI=1S/C26H16Cl2N2O4S/c27-20-8-6-16(10-21(20)28)24(31)30-25(32)23(35-26(30)33)11-17-13-29-22-9-7-18(12-19(17)22)34-14-15-4-2-1-3-5-15/h1-13,29H,14H2. The van der Waals surface area contributed by atoms with E-state index >= 15 is 0 Å². The van der Waals surface area contributed by atoms with Crippen LogP contribution in [0.4, 0.5) is 4.79 Å². The molecule has 3 aromatic carbocycles. The third kappa shape index (κ3) is 4.71. The van der Waals surface area contributed by atoms with Gasteiger partial charge in [0.2, 0.25) is 0 Å². The number of rotatable bonds is 5. The van der Waals surface area contributed by atoms with Gasteiger partial charge in [-0.1, -0.05) is 53.5 Å². The fraction of sp³-hybridized carbons (Fsp3) is 0.0385. The zero-order valence-electron chi connectivity index (χ0n) is 18.0. The summed E-state index contributed by atoms with van der Waals surface area (Å²) in [4.78, 5) is 42.3. The number of carbonyl (C=O) groups excluding carboxylic acids is 3. The Morgan fingerprint density at radius 2 is 1.80 bits per heavy atom. The van der Waals surface area contributed by atoms with E-state index in [1.165, 1.54) is 18.2 Å². The van der Waals surface area contributed by atoms with E-state index in [0.717, 1.165) is 16.5 Å². The monoisotopic (exact) mass is 522 g/mol. The van der Waals surface area contributed by atoms with Gasteiger partial charge in [0.15, 0.2) is 0 Å². The van der Waals surface area contributed by atoms with Crippen molar-refractivity contribution < 1.29 is 19.1 Å². The summed E-state index contributed by atoms with van der Waals surface area (Å²) in [5.41, 5.74) is 2.67. The summed E-state index contributed by atoms with van der Waals surface area (Å²) in [6, 6.07) is 19.6. The summed E-state index contributed by atoms with van der Waals surface area (Å²) in [7, 11) is 0. The molecule has 0 atom stereocenters. The lowest BCUT2D eigenvalue weighted by atomic mass is 10.1. The molecule has 35 heavy (non-hydrogen) atoms. The maximum absolute atomic E-state index is 13.0. The van der Waals surface area contributed by atoms with E-state index in [0.29, 0.717) is 34.6 Å². The topological polar surface area (TPSA) is 79.5 Å². The van der Waals surface area contributed by atoms with Crippen LogP contribution in [0.5, 0.6) is 5.75 Å². The Hall–Kier alpha value is -3.52. The second-order valence-corrected chi connectivity index (χ2v) is 9.48. The van der Waals surface area contributed by atoms with E-state index < -0.39 is 17.1 Å². The summed E-state index contributed by atoms with van der Waals surface area (Å²) >= 11 is 12.6. The molecule has 9 heteroatoms. The molecule has 6 nitrogen and oxygen atoms in total. The van der Waals surface area contributed by atoms with E-state index in [4.69, 9.17) is 27.9 Å². The van der Waals surface area contributed by atoms with Crippen molar-refractivity contribution in [1.82, 2.24) is 9.88 Å². The second-order valence-electron chi connectivity index (χ2n) is 7.68. The Kier molecular flexibility index (Phi) is 6.38. The molecule has 174 valence electrons. The highest BCUT2D eigenvalue weighted by Gasteiger charge is 2.40. The Morgan fingerprint density at radius 1 is 1.00 bits per heavy atom. The fourth-order valence-corrected chi connectivity index (χ4v) is 4.72. The quantitative estimate of drug-likeness (QED) is 0.227. The number of fused-ring (bicyclic) bond motifs is 1. The number of hydrogen-bond acceptors (Lipinski definition) is 5. The highest BCUT2D eigenvalue weighted by molar-refractivity contribution is 8.18. The van der Waals surface area contributed by atoms with Crippen LogP contribution >= 0.6 is 35.0 Å². The van der Waals surface area contributed by atoms with Crippen molar-refractivity contribution in [2.24, 2.45) is 0 Å².